The molecular formula is C12H17NO3. The molecule has 1 fully saturated rings. The minimum absolute atomic E-state index is 0.0600. The van der Waals surface area contributed by atoms with E-state index in [0.29, 0.717) is 6.42 Å². The number of benzene rings is 1. The van der Waals surface area contributed by atoms with E-state index < -0.39 is 0 Å². The maximum absolute atomic E-state index is 9.78. The van der Waals surface area contributed by atoms with Gasteiger partial charge in [-0.1, -0.05) is 6.07 Å². The van der Waals surface area contributed by atoms with Crippen LogP contribution in [0, 0.1) is 0 Å². The van der Waals surface area contributed by atoms with E-state index in [4.69, 9.17) is 9.84 Å². The lowest BCUT2D eigenvalue weighted by molar-refractivity contribution is 0.122. The third kappa shape index (κ3) is 2.46. The van der Waals surface area contributed by atoms with Crippen molar-refractivity contribution in [2.45, 2.75) is 6.42 Å². The lowest BCUT2D eigenvalue weighted by Gasteiger charge is -2.29. The molecule has 1 aliphatic rings. The molecule has 1 heterocycles. The number of rotatable bonds is 3. The zero-order chi connectivity index (χ0) is 11.4. The van der Waals surface area contributed by atoms with Gasteiger partial charge in [0.05, 0.1) is 13.2 Å². The molecule has 1 aliphatic heterocycles. The Labute approximate surface area is 95.1 Å². The Morgan fingerprint density at radius 2 is 2.00 bits per heavy atom. The molecule has 1 saturated heterocycles. The van der Waals surface area contributed by atoms with Crippen molar-refractivity contribution in [2.24, 2.45) is 0 Å². The summed E-state index contributed by atoms with van der Waals surface area (Å²) in [6.45, 7) is 3.25. The van der Waals surface area contributed by atoms with Gasteiger partial charge in [-0.25, -0.2) is 0 Å². The van der Waals surface area contributed by atoms with Crippen molar-refractivity contribution in [2.75, 3.05) is 37.8 Å². The number of phenols is 1. The number of hydrogen-bond donors (Lipinski definition) is 2. The Morgan fingerprint density at radius 3 is 2.62 bits per heavy atom. The van der Waals surface area contributed by atoms with Gasteiger partial charge < -0.3 is 19.8 Å². The van der Waals surface area contributed by atoms with Crippen molar-refractivity contribution in [3.05, 3.63) is 23.8 Å². The minimum Gasteiger partial charge on any atom is -0.508 e. The molecule has 2 N–H and O–H groups in total. The van der Waals surface area contributed by atoms with E-state index in [1.165, 1.54) is 0 Å². The Hall–Kier alpha value is -1.26. The van der Waals surface area contributed by atoms with Crippen LogP contribution in [0.5, 0.6) is 5.75 Å². The number of nitrogens with zero attached hydrogens (tertiary/aromatic N) is 1. The van der Waals surface area contributed by atoms with Crippen molar-refractivity contribution < 1.29 is 14.9 Å². The molecule has 4 nitrogen and oxygen atoms in total. The van der Waals surface area contributed by atoms with Gasteiger partial charge in [-0.2, -0.15) is 0 Å². The van der Waals surface area contributed by atoms with Crippen LogP contribution < -0.4 is 4.90 Å². The first-order valence-corrected chi connectivity index (χ1v) is 5.56. The Balaban J connectivity index is 2.13. The maximum Gasteiger partial charge on any atom is 0.120 e. The van der Waals surface area contributed by atoms with Crippen molar-refractivity contribution in [1.82, 2.24) is 0 Å². The molecule has 0 aliphatic carbocycles. The van der Waals surface area contributed by atoms with Crippen LogP contribution in [-0.4, -0.2) is 43.1 Å². The van der Waals surface area contributed by atoms with Crippen molar-refractivity contribution in [3.63, 3.8) is 0 Å². The lowest BCUT2D eigenvalue weighted by Crippen LogP contribution is -2.36. The maximum atomic E-state index is 9.78. The van der Waals surface area contributed by atoms with Crippen LogP contribution in [0.4, 0.5) is 5.69 Å². The lowest BCUT2D eigenvalue weighted by atomic mass is 10.1. The summed E-state index contributed by atoms with van der Waals surface area (Å²) >= 11 is 0. The number of ether oxygens (including phenoxy) is 1. The van der Waals surface area contributed by atoms with Gasteiger partial charge in [-0.05, 0) is 18.1 Å². The summed E-state index contributed by atoms with van der Waals surface area (Å²) in [7, 11) is 0. The molecule has 0 aromatic heterocycles. The monoisotopic (exact) mass is 223 g/mol. The summed E-state index contributed by atoms with van der Waals surface area (Å²) in [6.07, 6.45) is 0.495. The summed E-state index contributed by atoms with van der Waals surface area (Å²) < 4.78 is 5.28. The van der Waals surface area contributed by atoms with Gasteiger partial charge in [0, 0.05) is 31.5 Å². The van der Waals surface area contributed by atoms with Crippen molar-refractivity contribution >= 4 is 5.69 Å². The summed E-state index contributed by atoms with van der Waals surface area (Å²) in [6, 6.07) is 5.61. The highest BCUT2D eigenvalue weighted by Gasteiger charge is 2.12. The van der Waals surface area contributed by atoms with Crippen LogP contribution in [0.15, 0.2) is 18.2 Å². The number of aromatic hydroxyl groups is 1. The second kappa shape index (κ2) is 5.18. The normalized spacial score (nSPS) is 16.4. The van der Waals surface area contributed by atoms with E-state index in [-0.39, 0.29) is 12.4 Å². The first kappa shape index (κ1) is 11.2. The van der Waals surface area contributed by atoms with Gasteiger partial charge in [0.2, 0.25) is 0 Å². The fraction of sp³-hybridized carbons (Fsp3) is 0.500. The molecular weight excluding hydrogens is 206 g/mol. The van der Waals surface area contributed by atoms with Crippen LogP contribution in [0.25, 0.3) is 0 Å². The van der Waals surface area contributed by atoms with Gasteiger partial charge in [0.15, 0.2) is 0 Å². The van der Waals surface area contributed by atoms with Crippen LogP contribution in [-0.2, 0) is 11.2 Å². The number of aliphatic hydroxyl groups is 1. The zero-order valence-corrected chi connectivity index (χ0v) is 9.22. The number of hydrogen-bond acceptors (Lipinski definition) is 4. The van der Waals surface area contributed by atoms with E-state index in [2.05, 4.69) is 4.90 Å². The zero-order valence-electron chi connectivity index (χ0n) is 9.22. The van der Waals surface area contributed by atoms with Crippen molar-refractivity contribution in [3.8, 4) is 5.75 Å². The Bertz CT molecular complexity index is 348. The minimum atomic E-state index is 0.0600. The van der Waals surface area contributed by atoms with E-state index in [0.717, 1.165) is 37.6 Å². The highest BCUT2D eigenvalue weighted by Crippen LogP contribution is 2.25. The first-order chi connectivity index (χ1) is 7.81. The molecule has 4 heteroatoms. The van der Waals surface area contributed by atoms with E-state index in [1.54, 1.807) is 6.07 Å². The van der Waals surface area contributed by atoms with Crippen molar-refractivity contribution in [1.29, 1.82) is 0 Å². The van der Waals surface area contributed by atoms with Gasteiger partial charge in [-0.3, -0.25) is 0 Å². The summed E-state index contributed by atoms with van der Waals surface area (Å²) in [5, 5.41) is 18.6. The molecule has 1 aromatic rings. The number of morpholine rings is 1. The highest BCUT2D eigenvalue weighted by atomic mass is 16.5. The van der Waals surface area contributed by atoms with Crippen LogP contribution in [0.1, 0.15) is 5.56 Å². The second-order valence-electron chi connectivity index (χ2n) is 3.89. The summed E-state index contributed by atoms with van der Waals surface area (Å²) in [4.78, 5) is 2.19. The number of phenolic OH excluding ortho intramolecular Hbond substituents is 1. The number of anilines is 1. The van der Waals surface area contributed by atoms with Crippen LogP contribution in [0.2, 0.25) is 0 Å². The average molecular weight is 223 g/mol. The molecule has 0 atom stereocenters. The van der Waals surface area contributed by atoms with Gasteiger partial charge >= 0.3 is 0 Å². The quantitative estimate of drug-likeness (QED) is 0.794. The predicted octanol–water partition coefficient (Wildman–Crippen LogP) is 0.764. The Morgan fingerprint density at radius 1 is 1.25 bits per heavy atom. The number of aliphatic hydroxyl groups excluding tert-OH is 1. The first-order valence-electron chi connectivity index (χ1n) is 5.56. The molecule has 2 rings (SSSR count). The molecule has 88 valence electrons. The van der Waals surface area contributed by atoms with Crippen LogP contribution in [0.3, 0.4) is 0 Å². The second-order valence-corrected chi connectivity index (χ2v) is 3.89. The van der Waals surface area contributed by atoms with Crippen LogP contribution >= 0.6 is 0 Å². The van der Waals surface area contributed by atoms with E-state index >= 15 is 0 Å². The molecule has 16 heavy (non-hydrogen) atoms. The summed E-state index contributed by atoms with van der Waals surface area (Å²) in [5.41, 5.74) is 1.81. The Kier molecular flexibility index (Phi) is 3.64. The predicted molar refractivity (Wildman–Crippen MR) is 61.9 cm³/mol. The SMILES string of the molecule is OCCc1ccc(N2CCOCC2)cc1O. The molecule has 0 bridgehead atoms. The van der Waals surface area contributed by atoms with E-state index in [9.17, 15) is 5.11 Å². The molecule has 0 spiro atoms. The third-order valence-electron chi connectivity index (χ3n) is 2.83. The highest BCUT2D eigenvalue weighted by molar-refractivity contribution is 5.53. The molecule has 1 aromatic carbocycles. The average Bonchev–Trinajstić information content (AvgIpc) is 2.33. The third-order valence-corrected chi connectivity index (χ3v) is 2.83. The fourth-order valence-electron chi connectivity index (χ4n) is 1.90. The van der Waals surface area contributed by atoms with Gasteiger partial charge in [0.25, 0.3) is 0 Å². The standard InChI is InChI=1S/C12H17NO3/c14-6-3-10-1-2-11(9-12(10)15)13-4-7-16-8-5-13/h1-2,9,14-15H,3-8H2. The molecule has 0 amide bonds. The topological polar surface area (TPSA) is 52.9 Å². The molecule has 0 saturated carbocycles. The largest absolute Gasteiger partial charge is 0.508 e. The smallest absolute Gasteiger partial charge is 0.120 e. The molecule has 0 radical (unpaired) electrons. The fourth-order valence-corrected chi connectivity index (χ4v) is 1.90. The van der Waals surface area contributed by atoms with E-state index in [1.807, 2.05) is 12.1 Å². The van der Waals surface area contributed by atoms with Gasteiger partial charge in [0.1, 0.15) is 5.75 Å². The molecule has 0 unspecified atom stereocenters. The summed E-state index contributed by atoms with van der Waals surface area (Å²) in [5.74, 6) is 0.262. The van der Waals surface area contributed by atoms with Gasteiger partial charge in [-0.15, -0.1) is 0 Å².